The highest BCUT2D eigenvalue weighted by Gasteiger charge is 2.26. The van der Waals surface area contributed by atoms with Crippen molar-refractivity contribution in [3.05, 3.63) is 47.5 Å². The van der Waals surface area contributed by atoms with Gasteiger partial charge in [0.05, 0.1) is 6.04 Å². The number of hydrogen-bond acceptors (Lipinski definition) is 4. The first-order valence-corrected chi connectivity index (χ1v) is 8.65. The molecule has 1 fully saturated rings. The summed E-state index contributed by atoms with van der Waals surface area (Å²) in [4.78, 5) is 18.7. The van der Waals surface area contributed by atoms with E-state index in [1.807, 2.05) is 31.2 Å². The second-order valence-corrected chi connectivity index (χ2v) is 6.48. The predicted molar refractivity (Wildman–Crippen MR) is 92.7 cm³/mol. The van der Waals surface area contributed by atoms with E-state index in [2.05, 4.69) is 20.3 Å². The lowest BCUT2D eigenvalue weighted by Gasteiger charge is -2.29. The van der Waals surface area contributed by atoms with E-state index >= 15 is 0 Å². The zero-order chi connectivity index (χ0) is 16.9. The Bertz CT molecular complexity index is 669. The number of rotatable bonds is 6. The van der Waals surface area contributed by atoms with Crippen LogP contribution in [0.3, 0.4) is 0 Å². The first-order valence-electron chi connectivity index (χ1n) is 8.27. The van der Waals surface area contributed by atoms with Crippen molar-refractivity contribution >= 4 is 17.5 Å². The molecule has 1 aliphatic heterocycles. The Balaban J connectivity index is 1.70. The van der Waals surface area contributed by atoms with Crippen LogP contribution in [0.15, 0.2) is 36.9 Å². The van der Waals surface area contributed by atoms with Crippen molar-refractivity contribution in [2.75, 3.05) is 19.6 Å². The van der Waals surface area contributed by atoms with Gasteiger partial charge in [-0.25, -0.2) is 9.67 Å². The van der Waals surface area contributed by atoms with E-state index in [9.17, 15) is 4.79 Å². The molecule has 7 heteroatoms. The first-order chi connectivity index (χ1) is 11.7. The SMILES string of the molecule is C[C@@H](C(=O)NC[C@@H](c1ccccc1Cl)N1CCCC1)n1cncn1. The number of amides is 1. The highest BCUT2D eigenvalue weighted by atomic mass is 35.5. The van der Waals surface area contributed by atoms with Crippen molar-refractivity contribution in [3.8, 4) is 0 Å². The minimum atomic E-state index is -0.391. The van der Waals surface area contributed by atoms with Crippen molar-refractivity contribution in [3.63, 3.8) is 0 Å². The predicted octanol–water partition coefficient (Wildman–Crippen LogP) is 2.45. The van der Waals surface area contributed by atoms with Crippen molar-refractivity contribution in [1.82, 2.24) is 25.0 Å². The zero-order valence-electron chi connectivity index (χ0n) is 13.7. The monoisotopic (exact) mass is 347 g/mol. The van der Waals surface area contributed by atoms with E-state index in [0.717, 1.165) is 23.7 Å². The minimum Gasteiger partial charge on any atom is -0.352 e. The second-order valence-electron chi connectivity index (χ2n) is 6.08. The van der Waals surface area contributed by atoms with Crippen LogP contribution in [-0.2, 0) is 4.79 Å². The molecule has 24 heavy (non-hydrogen) atoms. The Labute approximate surface area is 146 Å². The molecule has 1 aliphatic rings. The number of nitrogens with one attached hydrogen (secondary N) is 1. The Kier molecular flexibility index (Phi) is 5.48. The van der Waals surface area contributed by atoms with E-state index in [1.54, 1.807) is 11.0 Å². The van der Waals surface area contributed by atoms with Gasteiger partial charge < -0.3 is 5.32 Å². The standard InChI is InChI=1S/C17H22ClN5O/c1-13(23-12-19-11-21-23)17(24)20-10-16(22-8-4-5-9-22)14-6-2-3-7-15(14)18/h2-3,6-7,11-13,16H,4-5,8-10H2,1H3,(H,20,24)/t13-,16-/m0/s1. The molecule has 1 amide bonds. The summed E-state index contributed by atoms with van der Waals surface area (Å²) in [6, 6.07) is 7.56. The van der Waals surface area contributed by atoms with Crippen LogP contribution in [0.1, 0.15) is 37.4 Å². The van der Waals surface area contributed by atoms with Gasteiger partial charge in [-0.05, 0) is 44.5 Å². The molecule has 2 aromatic rings. The number of halogens is 1. The number of likely N-dealkylation sites (tertiary alicyclic amines) is 1. The van der Waals surface area contributed by atoms with Crippen molar-refractivity contribution < 1.29 is 4.79 Å². The molecule has 0 saturated carbocycles. The van der Waals surface area contributed by atoms with Gasteiger partial charge in [0, 0.05) is 11.6 Å². The average molecular weight is 348 g/mol. The van der Waals surface area contributed by atoms with Crippen molar-refractivity contribution in [1.29, 1.82) is 0 Å². The molecule has 0 aliphatic carbocycles. The number of benzene rings is 1. The fraction of sp³-hybridized carbons (Fsp3) is 0.471. The number of aromatic nitrogens is 3. The fourth-order valence-electron chi connectivity index (χ4n) is 3.12. The van der Waals surface area contributed by atoms with Gasteiger partial charge in [-0.2, -0.15) is 5.10 Å². The molecule has 2 heterocycles. The summed E-state index contributed by atoms with van der Waals surface area (Å²) in [6.45, 7) is 4.40. The van der Waals surface area contributed by atoms with Crippen LogP contribution in [0.4, 0.5) is 0 Å². The second kappa shape index (κ2) is 7.77. The molecule has 1 aromatic carbocycles. The number of hydrogen-bond donors (Lipinski definition) is 1. The van der Waals surface area contributed by atoms with Gasteiger partial charge in [0.1, 0.15) is 18.7 Å². The normalized spacial score (nSPS) is 17.6. The molecule has 1 saturated heterocycles. The highest BCUT2D eigenvalue weighted by Crippen LogP contribution is 2.29. The first kappa shape index (κ1) is 16.9. The lowest BCUT2D eigenvalue weighted by molar-refractivity contribution is -0.124. The van der Waals surface area contributed by atoms with Gasteiger partial charge in [-0.15, -0.1) is 0 Å². The van der Waals surface area contributed by atoms with Crippen LogP contribution in [0.5, 0.6) is 0 Å². The molecule has 3 rings (SSSR count). The van der Waals surface area contributed by atoms with Crippen molar-refractivity contribution in [2.24, 2.45) is 0 Å². The van der Waals surface area contributed by atoms with Crippen molar-refractivity contribution in [2.45, 2.75) is 31.8 Å². The third kappa shape index (κ3) is 3.76. The smallest absolute Gasteiger partial charge is 0.244 e. The van der Waals surface area contributed by atoms with Crippen LogP contribution in [0, 0.1) is 0 Å². The topological polar surface area (TPSA) is 63.1 Å². The number of nitrogens with zero attached hydrogens (tertiary/aromatic N) is 4. The summed E-state index contributed by atoms with van der Waals surface area (Å²) in [6.07, 6.45) is 5.35. The van der Waals surface area contributed by atoms with E-state index in [1.165, 1.54) is 19.2 Å². The molecule has 128 valence electrons. The molecule has 1 aromatic heterocycles. The summed E-state index contributed by atoms with van der Waals surface area (Å²) in [7, 11) is 0. The van der Waals surface area contributed by atoms with Gasteiger partial charge in [0.25, 0.3) is 0 Å². The van der Waals surface area contributed by atoms with Gasteiger partial charge in [0.15, 0.2) is 0 Å². The summed E-state index contributed by atoms with van der Waals surface area (Å²) in [5.74, 6) is -0.0725. The third-order valence-corrected chi connectivity index (χ3v) is 4.87. The van der Waals surface area contributed by atoms with Crippen LogP contribution in [-0.4, -0.2) is 45.2 Å². The van der Waals surface area contributed by atoms with Crippen LogP contribution in [0.25, 0.3) is 0 Å². The fourth-order valence-corrected chi connectivity index (χ4v) is 3.38. The molecule has 1 N–H and O–H groups in total. The van der Waals surface area contributed by atoms with Crippen LogP contribution in [0.2, 0.25) is 5.02 Å². The maximum absolute atomic E-state index is 12.4. The van der Waals surface area contributed by atoms with E-state index < -0.39 is 6.04 Å². The Morgan fingerprint density at radius 1 is 1.33 bits per heavy atom. The molecule has 0 unspecified atom stereocenters. The molecule has 6 nitrogen and oxygen atoms in total. The number of carbonyl (C=O) groups excluding carboxylic acids is 1. The third-order valence-electron chi connectivity index (χ3n) is 4.53. The van der Waals surface area contributed by atoms with Gasteiger partial charge >= 0.3 is 0 Å². The molecule has 0 bridgehead atoms. The summed E-state index contributed by atoms with van der Waals surface area (Å²) >= 11 is 6.39. The minimum absolute atomic E-state index is 0.0725. The van der Waals surface area contributed by atoms with E-state index in [0.29, 0.717) is 6.54 Å². The zero-order valence-corrected chi connectivity index (χ0v) is 14.5. The van der Waals surface area contributed by atoms with E-state index in [-0.39, 0.29) is 11.9 Å². The Hall–Kier alpha value is -1.92. The van der Waals surface area contributed by atoms with Crippen LogP contribution < -0.4 is 5.32 Å². The molecular formula is C17H22ClN5O. The summed E-state index contributed by atoms with van der Waals surface area (Å²) < 4.78 is 1.55. The Morgan fingerprint density at radius 2 is 2.08 bits per heavy atom. The van der Waals surface area contributed by atoms with E-state index in [4.69, 9.17) is 11.6 Å². The largest absolute Gasteiger partial charge is 0.352 e. The molecular weight excluding hydrogens is 326 g/mol. The lowest BCUT2D eigenvalue weighted by atomic mass is 10.1. The summed E-state index contributed by atoms with van der Waals surface area (Å²) in [5, 5.41) is 7.82. The van der Waals surface area contributed by atoms with Gasteiger partial charge in [-0.3, -0.25) is 9.69 Å². The number of carbonyl (C=O) groups is 1. The molecule has 2 atom stereocenters. The molecule has 0 radical (unpaired) electrons. The van der Waals surface area contributed by atoms with Gasteiger partial charge in [-0.1, -0.05) is 29.8 Å². The average Bonchev–Trinajstić information content (AvgIpc) is 3.29. The lowest BCUT2D eigenvalue weighted by Crippen LogP contribution is -2.39. The maximum Gasteiger partial charge on any atom is 0.244 e. The van der Waals surface area contributed by atoms with Crippen LogP contribution >= 0.6 is 11.6 Å². The maximum atomic E-state index is 12.4. The molecule has 0 spiro atoms. The van der Waals surface area contributed by atoms with Gasteiger partial charge in [0.2, 0.25) is 5.91 Å². The highest BCUT2D eigenvalue weighted by molar-refractivity contribution is 6.31. The quantitative estimate of drug-likeness (QED) is 0.871. The summed E-state index contributed by atoms with van der Waals surface area (Å²) in [5.41, 5.74) is 1.06. The Morgan fingerprint density at radius 3 is 2.75 bits per heavy atom.